The monoisotopic (exact) mass is 312 g/mol. The number of alkyl carbamates (subject to hydrolysis) is 1. The van der Waals surface area contributed by atoms with Crippen molar-refractivity contribution in [2.45, 2.75) is 38.6 Å². The molecule has 0 aliphatic rings. The summed E-state index contributed by atoms with van der Waals surface area (Å²) < 4.78 is 10.1. The van der Waals surface area contributed by atoms with Crippen LogP contribution in [0.3, 0.4) is 0 Å². The van der Waals surface area contributed by atoms with Gasteiger partial charge in [-0.1, -0.05) is 0 Å². The molecule has 7 nitrogen and oxygen atoms in total. The van der Waals surface area contributed by atoms with Gasteiger partial charge in [-0.2, -0.15) is 0 Å². The predicted molar refractivity (Wildman–Crippen MR) is 82.6 cm³/mol. The standard InChI is InChI=1S/C15H24N2O5/c1-15(2,3)22-14(20)17-8-12(18)13(19)9-5-10(16)7-11(6-9)21-4/h5-7,12-13,18-19H,8,16H2,1-4H3,(H,17,20). The van der Waals surface area contributed by atoms with Crippen molar-refractivity contribution in [3.05, 3.63) is 23.8 Å². The number of aliphatic hydroxyl groups excluding tert-OH is 2. The second-order valence-corrected chi connectivity index (χ2v) is 5.93. The first kappa shape index (κ1) is 18.1. The van der Waals surface area contributed by atoms with Crippen molar-refractivity contribution >= 4 is 11.8 Å². The molecule has 0 bridgehead atoms. The van der Waals surface area contributed by atoms with E-state index in [2.05, 4.69) is 5.32 Å². The van der Waals surface area contributed by atoms with Crippen LogP contribution in [-0.4, -0.2) is 41.7 Å². The normalized spacial score (nSPS) is 14.1. The SMILES string of the molecule is COc1cc(N)cc(C(O)C(O)CNC(=O)OC(C)(C)C)c1. The number of aliphatic hydroxyl groups is 2. The maximum atomic E-state index is 11.5. The lowest BCUT2D eigenvalue weighted by atomic mass is 10.0. The molecule has 2 atom stereocenters. The smallest absolute Gasteiger partial charge is 0.407 e. The van der Waals surface area contributed by atoms with Gasteiger partial charge in [0.2, 0.25) is 0 Å². The van der Waals surface area contributed by atoms with Gasteiger partial charge >= 0.3 is 6.09 Å². The summed E-state index contributed by atoms with van der Waals surface area (Å²) in [6, 6.07) is 4.70. The summed E-state index contributed by atoms with van der Waals surface area (Å²) in [7, 11) is 1.48. The van der Waals surface area contributed by atoms with Crippen LogP contribution >= 0.6 is 0 Å². The van der Waals surface area contributed by atoms with E-state index in [1.54, 1.807) is 32.9 Å². The summed E-state index contributed by atoms with van der Waals surface area (Å²) in [5.74, 6) is 0.473. The minimum atomic E-state index is -1.22. The Kier molecular flexibility index (Phi) is 6.01. The molecule has 1 rings (SSSR count). The Labute approximate surface area is 130 Å². The first-order chi connectivity index (χ1) is 10.1. The van der Waals surface area contributed by atoms with Gasteiger partial charge in [-0.25, -0.2) is 4.79 Å². The van der Waals surface area contributed by atoms with Crippen LogP contribution in [0.1, 0.15) is 32.4 Å². The van der Waals surface area contributed by atoms with Crippen molar-refractivity contribution in [1.82, 2.24) is 5.32 Å². The lowest BCUT2D eigenvalue weighted by Gasteiger charge is -2.22. The van der Waals surface area contributed by atoms with E-state index < -0.39 is 23.9 Å². The Morgan fingerprint density at radius 1 is 1.32 bits per heavy atom. The first-order valence-electron chi connectivity index (χ1n) is 6.90. The van der Waals surface area contributed by atoms with Gasteiger partial charge in [0.25, 0.3) is 0 Å². The zero-order chi connectivity index (χ0) is 16.9. The number of nitrogens with two attached hydrogens (primary N) is 1. The molecule has 0 radical (unpaired) electrons. The molecule has 124 valence electrons. The third-order valence-electron chi connectivity index (χ3n) is 2.75. The lowest BCUT2D eigenvalue weighted by Crippen LogP contribution is -2.38. The van der Waals surface area contributed by atoms with E-state index in [1.165, 1.54) is 13.2 Å². The average molecular weight is 312 g/mol. The summed E-state index contributed by atoms with van der Waals surface area (Å²) in [6.45, 7) is 5.04. The number of methoxy groups -OCH3 is 1. The quantitative estimate of drug-likeness (QED) is 0.607. The molecule has 0 aliphatic carbocycles. The molecule has 0 heterocycles. The van der Waals surface area contributed by atoms with Gasteiger partial charge in [-0.05, 0) is 38.5 Å². The molecule has 7 heteroatoms. The number of carbonyl (C=O) groups excluding carboxylic acids is 1. The summed E-state index contributed by atoms with van der Waals surface area (Å²) in [6.07, 6.45) is -3.09. The van der Waals surface area contributed by atoms with E-state index in [0.29, 0.717) is 17.0 Å². The number of ether oxygens (including phenoxy) is 2. The second-order valence-electron chi connectivity index (χ2n) is 5.93. The van der Waals surface area contributed by atoms with Crippen LogP contribution in [0, 0.1) is 0 Å². The van der Waals surface area contributed by atoms with Crippen molar-refractivity contribution in [2.75, 3.05) is 19.4 Å². The average Bonchev–Trinajstić information content (AvgIpc) is 2.41. The van der Waals surface area contributed by atoms with Gasteiger partial charge in [-0.3, -0.25) is 0 Å². The minimum absolute atomic E-state index is 0.160. The van der Waals surface area contributed by atoms with Gasteiger partial charge in [0.05, 0.1) is 7.11 Å². The molecular weight excluding hydrogens is 288 g/mol. The zero-order valence-electron chi connectivity index (χ0n) is 13.3. The number of amides is 1. The number of hydrogen-bond acceptors (Lipinski definition) is 6. The predicted octanol–water partition coefficient (Wildman–Crippen LogP) is 1.20. The number of benzene rings is 1. The number of nitrogens with one attached hydrogen (secondary N) is 1. The van der Waals surface area contributed by atoms with Gasteiger partial charge in [0.15, 0.2) is 0 Å². The maximum Gasteiger partial charge on any atom is 0.407 e. The van der Waals surface area contributed by atoms with Crippen molar-refractivity contribution in [1.29, 1.82) is 0 Å². The molecule has 22 heavy (non-hydrogen) atoms. The Morgan fingerprint density at radius 2 is 1.95 bits per heavy atom. The fourth-order valence-electron chi connectivity index (χ4n) is 1.77. The second kappa shape index (κ2) is 7.33. The maximum absolute atomic E-state index is 11.5. The topological polar surface area (TPSA) is 114 Å². The van der Waals surface area contributed by atoms with Crippen molar-refractivity contribution in [3.63, 3.8) is 0 Å². The summed E-state index contributed by atoms with van der Waals surface area (Å²) in [5, 5.41) is 22.5. The highest BCUT2D eigenvalue weighted by molar-refractivity contribution is 5.67. The molecule has 0 fully saturated rings. The number of carbonyl (C=O) groups is 1. The molecule has 1 amide bonds. The van der Waals surface area contributed by atoms with Crippen LogP contribution in [-0.2, 0) is 4.74 Å². The van der Waals surface area contributed by atoms with E-state index in [0.717, 1.165) is 0 Å². The van der Waals surface area contributed by atoms with Crippen LogP contribution in [0.5, 0.6) is 5.75 Å². The van der Waals surface area contributed by atoms with Crippen molar-refractivity contribution in [2.24, 2.45) is 0 Å². The van der Waals surface area contributed by atoms with E-state index in [-0.39, 0.29) is 6.54 Å². The fourth-order valence-corrected chi connectivity index (χ4v) is 1.77. The third kappa shape index (κ3) is 5.79. The van der Waals surface area contributed by atoms with E-state index in [1.807, 2.05) is 0 Å². The molecule has 0 aliphatic heterocycles. The van der Waals surface area contributed by atoms with Gasteiger partial charge in [0.1, 0.15) is 23.6 Å². The number of rotatable bonds is 5. The molecule has 0 saturated carbocycles. The molecular formula is C15H24N2O5. The van der Waals surface area contributed by atoms with Crippen LogP contribution in [0.2, 0.25) is 0 Å². The number of anilines is 1. The van der Waals surface area contributed by atoms with Crippen molar-refractivity contribution < 1.29 is 24.5 Å². The Morgan fingerprint density at radius 3 is 2.50 bits per heavy atom. The molecule has 1 aromatic rings. The first-order valence-corrected chi connectivity index (χ1v) is 6.90. The lowest BCUT2D eigenvalue weighted by molar-refractivity contribution is 0.0129. The summed E-state index contributed by atoms with van der Waals surface area (Å²) >= 11 is 0. The van der Waals surface area contributed by atoms with Gasteiger partial charge in [0, 0.05) is 18.3 Å². The highest BCUT2D eigenvalue weighted by Crippen LogP contribution is 2.25. The molecule has 5 N–H and O–H groups in total. The molecule has 0 aromatic heterocycles. The van der Waals surface area contributed by atoms with Gasteiger partial charge in [-0.15, -0.1) is 0 Å². The van der Waals surface area contributed by atoms with Gasteiger partial charge < -0.3 is 30.7 Å². The fraction of sp³-hybridized carbons (Fsp3) is 0.533. The highest BCUT2D eigenvalue weighted by Gasteiger charge is 2.22. The zero-order valence-corrected chi connectivity index (χ0v) is 13.3. The molecule has 0 spiro atoms. The summed E-state index contributed by atoms with van der Waals surface area (Å²) in [4.78, 5) is 11.5. The third-order valence-corrected chi connectivity index (χ3v) is 2.75. The molecule has 1 aromatic carbocycles. The summed E-state index contributed by atoms with van der Waals surface area (Å²) in [5.41, 5.74) is 5.87. The number of nitrogen functional groups attached to an aromatic ring is 1. The Hall–Kier alpha value is -1.99. The van der Waals surface area contributed by atoms with Crippen molar-refractivity contribution in [3.8, 4) is 5.75 Å². The Bertz CT molecular complexity index is 513. The number of hydrogen-bond donors (Lipinski definition) is 4. The van der Waals surface area contributed by atoms with E-state index >= 15 is 0 Å². The Balaban J connectivity index is 2.63. The van der Waals surface area contributed by atoms with Crippen LogP contribution in [0.15, 0.2) is 18.2 Å². The van der Waals surface area contributed by atoms with Crippen LogP contribution in [0.4, 0.5) is 10.5 Å². The molecule has 0 saturated heterocycles. The largest absolute Gasteiger partial charge is 0.497 e. The highest BCUT2D eigenvalue weighted by atomic mass is 16.6. The van der Waals surface area contributed by atoms with Crippen LogP contribution in [0.25, 0.3) is 0 Å². The van der Waals surface area contributed by atoms with Crippen LogP contribution < -0.4 is 15.8 Å². The van der Waals surface area contributed by atoms with E-state index in [9.17, 15) is 15.0 Å². The minimum Gasteiger partial charge on any atom is -0.497 e. The van der Waals surface area contributed by atoms with E-state index in [4.69, 9.17) is 15.2 Å². The molecule has 2 unspecified atom stereocenters.